The van der Waals surface area contributed by atoms with E-state index < -0.39 is 0 Å². The summed E-state index contributed by atoms with van der Waals surface area (Å²) >= 11 is 0. The summed E-state index contributed by atoms with van der Waals surface area (Å²) in [6.07, 6.45) is 5.21. The van der Waals surface area contributed by atoms with Crippen molar-refractivity contribution < 1.29 is 18.9 Å². The highest BCUT2D eigenvalue weighted by molar-refractivity contribution is 5.51. The maximum atomic E-state index is 5.80. The van der Waals surface area contributed by atoms with Gasteiger partial charge in [-0.2, -0.15) is 0 Å². The van der Waals surface area contributed by atoms with Gasteiger partial charge >= 0.3 is 0 Å². The van der Waals surface area contributed by atoms with Crippen LogP contribution >= 0.6 is 0 Å². The first-order valence-corrected chi connectivity index (χ1v) is 8.03. The van der Waals surface area contributed by atoms with Crippen LogP contribution in [-0.4, -0.2) is 45.1 Å². The van der Waals surface area contributed by atoms with E-state index in [9.17, 15) is 0 Å². The van der Waals surface area contributed by atoms with Crippen molar-refractivity contribution in [2.45, 2.75) is 38.3 Å². The lowest BCUT2D eigenvalue weighted by molar-refractivity contribution is 0.00638. The molecule has 1 fully saturated rings. The summed E-state index contributed by atoms with van der Waals surface area (Å²) in [6.45, 7) is 3.05. The van der Waals surface area contributed by atoms with Crippen LogP contribution in [0.5, 0.6) is 17.2 Å². The van der Waals surface area contributed by atoms with Crippen molar-refractivity contribution >= 4 is 0 Å². The summed E-state index contributed by atoms with van der Waals surface area (Å²) in [7, 11) is 3.82. The predicted octanol–water partition coefficient (Wildman–Crippen LogP) is 2.81. The molecule has 1 aromatic carbocycles. The molecule has 22 heavy (non-hydrogen) atoms. The quantitative estimate of drug-likeness (QED) is 0.808. The van der Waals surface area contributed by atoms with Crippen molar-refractivity contribution in [1.82, 2.24) is 4.90 Å². The van der Waals surface area contributed by atoms with Crippen LogP contribution in [0, 0.1) is 0 Å². The highest BCUT2D eigenvalue weighted by Crippen LogP contribution is 2.38. The summed E-state index contributed by atoms with van der Waals surface area (Å²) in [5, 5.41) is 0. The fourth-order valence-corrected chi connectivity index (χ4v) is 3.05. The Balaban J connectivity index is 1.57. The van der Waals surface area contributed by atoms with Gasteiger partial charge in [-0.25, -0.2) is 0 Å². The van der Waals surface area contributed by atoms with Crippen LogP contribution in [0.3, 0.4) is 0 Å². The molecular weight excluding hydrogens is 282 g/mol. The minimum atomic E-state index is 0.288. The number of hydrogen-bond donors (Lipinski definition) is 0. The molecule has 0 spiro atoms. The zero-order valence-corrected chi connectivity index (χ0v) is 13.5. The Bertz CT molecular complexity index is 500. The molecule has 2 aliphatic rings. The maximum Gasteiger partial charge on any atom is 0.231 e. The van der Waals surface area contributed by atoms with Crippen LogP contribution in [0.15, 0.2) is 12.1 Å². The third-order valence-corrected chi connectivity index (χ3v) is 4.32. The Hall–Kier alpha value is -1.46. The Labute approximate surface area is 132 Å². The van der Waals surface area contributed by atoms with Gasteiger partial charge in [-0.3, -0.25) is 0 Å². The lowest BCUT2D eigenvalue weighted by Crippen LogP contribution is -2.26. The van der Waals surface area contributed by atoms with Crippen molar-refractivity contribution in [3.8, 4) is 17.2 Å². The van der Waals surface area contributed by atoms with Gasteiger partial charge < -0.3 is 23.8 Å². The molecule has 2 heterocycles. The van der Waals surface area contributed by atoms with Gasteiger partial charge in [-0.15, -0.1) is 0 Å². The molecule has 1 unspecified atom stereocenters. The van der Waals surface area contributed by atoms with E-state index in [1.165, 1.54) is 19.3 Å². The summed E-state index contributed by atoms with van der Waals surface area (Å²) in [5.74, 6) is 2.42. The molecule has 5 heteroatoms. The number of rotatable bonds is 6. The molecule has 0 bridgehead atoms. The van der Waals surface area contributed by atoms with E-state index in [4.69, 9.17) is 18.9 Å². The summed E-state index contributed by atoms with van der Waals surface area (Å²) < 4.78 is 22.1. The lowest BCUT2D eigenvalue weighted by atomic mass is 10.1. The number of ether oxygens (including phenoxy) is 4. The summed E-state index contributed by atoms with van der Waals surface area (Å²) in [4.78, 5) is 2.30. The molecule has 3 rings (SSSR count). The molecule has 0 aromatic heterocycles. The van der Waals surface area contributed by atoms with Gasteiger partial charge in [0.2, 0.25) is 6.79 Å². The van der Waals surface area contributed by atoms with Crippen molar-refractivity contribution in [3.63, 3.8) is 0 Å². The summed E-state index contributed by atoms with van der Waals surface area (Å²) in [5.41, 5.74) is 1.12. The molecule has 1 atom stereocenters. The zero-order valence-electron chi connectivity index (χ0n) is 13.5. The standard InChI is InChI=1S/C17H25NO4/c1-18(7-6-14-5-3-4-8-20-14)11-13-9-16-17(22-12-21-16)10-15(13)19-2/h9-10,14H,3-8,11-12H2,1-2H3. The number of nitrogens with zero attached hydrogens (tertiary/aromatic N) is 1. The Morgan fingerprint density at radius 2 is 2.05 bits per heavy atom. The van der Waals surface area contributed by atoms with Crippen molar-refractivity contribution in [3.05, 3.63) is 17.7 Å². The first kappa shape index (κ1) is 15.4. The van der Waals surface area contributed by atoms with E-state index in [1.807, 2.05) is 12.1 Å². The van der Waals surface area contributed by atoms with Crippen LogP contribution in [0.25, 0.3) is 0 Å². The van der Waals surface area contributed by atoms with Crippen LogP contribution < -0.4 is 14.2 Å². The van der Waals surface area contributed by atoms with Gasteiger partial charge in [0.15, 0.2) is 11.5 Å². The highest BCUT2D eigenvalue weighted by atomic mass is 16.7. The van der Waals surface area contributed by atoms with Crippen molar-refractivity contribution in [2.24, 2.45) is 0 Å². The number of methoxy groups -OCH3 is 1. The second-order valence-corrected chi connectivity index (χ2v) is 6.03. The Morgan fingerprint density at radius 3 is 2.77 bits per heavy atom. The van der Waals surface area contributed by atoms with Crippen LogP contribution in [-0.2, 0) is 11.3 Å². The normalized spacial score (nSPS) is 20.4. The predicted molar refractivity (Wildman–Crippen MR) is 83.7 cm³/mol. The van der Waals surface area contributed by atoms with Gasteiger partial charge in [-0.1, -0.05) is 0 Å². The fraction of sp³-hybridized carbons (Fsp3) is 0.647. The molecule has 0 radical (unpaired) electrons. The van der Waals surface area contributed by atoms with Crippen LogP contribution in [0.4, 0.5) is 0 Å². The second-order valence-electron chi connectivity index (χ2n) is 6.03. The average molecular weight is 307 g/mol. The highest BCUT2D eigenvalue weighted by Gasteiger charge is 2.19. The minimum Gasteiger partial charge on any atom is -0.496 e. The molecule has 0 saturated carbocycles. The first-order chi connectivity index (χ1) is 10.8. The van der Waals surface area contributed by atoms with E-state index in [-0.39, 0.29) is 6.79 Å². The van der Waals surface area contributed by atoms with Gasteiger partial charge in [0, 0.05) is 31.3 Å². The third-order valence-electron chi connectivity index (χ3n) is 4.32. The molecule has 2 aliphatic heterocycles. The molecule has 122 valence electrons. The van der Waals surface area contributed by atoms with E-state index >= 15 is 0 Å². The van der Waals surface area contributed by atoms with E-state index in [2.05, 4.69) is 11.9 Å². The fourth-order valence-electron chi connectivity index (χ4n) is 3.05. The van der Waals surface area contributed by atoms with Crippen molar-refractivity contribution in [2.75, 3.05) is 34.1 Å². The van der Waals surface area contributed by atoms with Crippen LogP contribution in [0.1, 0.15) is 31.2 Å². The molecule has 0 aliphatic carbocycles. The zero-order chi connectivity index (χ0) is 15.4. The smallest absolute Gasteiger partial charge is 0.231 e. The lowest BCUT2D eigenvalue weighted by Gasteiger charge is -2.25. The van der Waals surface area contributed by atoms with Gasteiger partial charge in [0.05, 0.1) is 13.2 Å². The topological polar surface area (TPSA) is 40.2 Å². The van der Waals surface area contributed by atoms with Gasteiger partial charge in [0.1, 0.15) is 5.75 Å². The molecule has 1 saturated heterocycles. The van der Waals surface area contributed by atoms with Gasteiger partial charge in [0.25, 0.3) is 0 Å². The summed E-state index contributed by atoms with van der Waals surface area (Å²) in [6, 6.07) is 3.94. The SMILES string of the molecule is COc1cc2c(cc1CN(C)CCC1CCCCO1)OCO2. The van der Waals surface area contributed by atoms with E-state index in [0.29, 0.717) is 6.10 Å². The average Bonchev–Trinajstić information content (AvgIpc) is 3.00. The molecule has 5 nitrogen and oxygen atoms in total. The Morgan fingerprint density at radius 1 is 1.23 bits per heavy atom. The van der Waals surface area contributed by atoms with Crippen LogP contribution in [0.2, 0.25) is 0 Å². The minimum absolute atomic E-state index is 0.288. The second kappa shape index (κ2) is 7.20. The van der Waals surface area contributed by atoms with E-state index in [1.54, 1.807) is 7.11 Å². The third kappa shape index (κ3) is 3.65. The molecule has 0 amide bonds. The monoisotopic (exact) mass is 307 g/mol. The van der Waals surface area contributed by atoms with Crippen molar-refractivity contribution in [1.29, 1.82) is 0 Å². The van der Waals surface area contributed by atoms with E-state index in [0.717, 1.165) is 48.9 Å². The first-order valence-electron chi connectivity index (χ1n) is 8.03. The molecule has 0 N–H and O–H groups in total. The molecule has 1 aromatic rings. The number of benzene rings is 1. The van der Waals surface area contributed by atoms with Gasteiger partial charge in [-0.05, 0) is 38.8 Å². The Kier molecular flexibility index (Phi) is 5.05. The maximum absolute atomic E-state index is 5.80. The largest absolute Gasteiger partial charge is 0.496 e. The number of fused-ring (bicyclic) bond motifs is 1. The molecular formula is C17H25NO4. The number of hydrogen-bond acceptors (Lipinski definition) is 5.